The summed E-state index contributed by atoms with van der Waals surface area (Å²) in [5, 5.41) is 6.21. The Morgan fingerprint density at radius 1 is 1.21 bits per heavy atom. The van der Waals surface area contributed by atoms with Gasteiger partial charge in [-0.05, 0) is 30.9 Å². The average Bonchev–Trinajstić information content (AvgIpc) is 3.25. The number of hydrogen-bond donors (Lipinski definition) is 0. The van der Waals surface area contributed by atoms with Gasteiger partial charge in [0.15, 0.2) is 5.16 Å². The smallest absolute Gasteiger partial charge is 0.275 e. The summed E-state index contributed by atoms with van der Waals surface area (Å²) in [5.74, 6) is 1.23. The second kappa shape index (κ2) is 8.05. The molecule has 3 heterocycles. The zero-order valence-electron chi connectivity index (χ0n) is 16.3. The van der Waals surface area contributed by atoms with Crippen LogP contribution in [-0.4, -0.2) is 24.1 Å². The van der Waals surface area contributed by atoms with Crippen molar-refractivity contribution in [3.63, 3.8) is 0 Å². The van der Waals surface area contributed by atoms with Crippen LogP contribution in [-0.2, 0) is 18.7 Å². The second-order valence-corrected chi connectivity index (χ2v) is 9.12. The molecule has 0 aliphatic heterocycles. The van der Waals surface area contributed by atoms with Crippen LogP contribution >= 0.6 is 23.1 Å². The first-order chi connectivity index (χ1) is 13.5. The normalized spacial score (nSPS) is 11.9. The maximum Gasteiger partial charge on any atom is 0.275 e. The minimum Gasteiger partial charge on any atom is -0.319 e. The van der Waals surface area contributed by atoms with Crippen molar-refractivity contribution in [1.82, 2.24) is 24.1 Å². The molecule has 1 aromatic carbocycles. The van der Waals surface area contributed by atoms with Gasteiger partial charge in [-0.1, -0.05) is 56.0 Å². The third kappa shape index (κ3) is 3.84. The van der Waals surface area contributed by atoms with E-state index in [2.05, 4.69) is 40.6 Å². The maximum atomic E-state index is 12.4. The molecule has 0 amide bonds. The van der Waals surface area contributed by atoms with Crippen LogP contribution in [0.5, 0.6) is 0 Å². The summed E-state index contributed by atoms with van der Waals surface area (Å²) in [6.45, 7) is 7.43. The summed E-state index contributed by atoms with van der Waals surface area (Å²) < 4.78 is 3.68. The minimum atomic E-state index is -0.120. The second-order valence-electron chi connectivity index (χ2n) is 7.14. The first-order valence-corrected chi connectivity index (χ1v) is 11.3. The van der Waals surface area contributed by atoms with Gasteiger partial charge in [0, 0.05) is 18.4 Å². The van der Waals surface area contributed by atoms with Crippen molar-refractivity contribution < 1.29 is 0 Å². The number of aryl methyl sites for hydroxylation is 2. The molecule has 0 fully saturated rings. The number of aromatic nitrogens is 5. The molecule has 0 spiro atoms. The Morgan fingerprint density at radius 3 is 2.82 bits per heavy atom. The van der Waals surface area contributed by atoms with Crippen molar-refractivity contribution in [1.29, 1.82) is 0 Å². The molecular formula is C20H23N5OS2. The van der Waals surface area contributed by atoms with Crippen molar-refractivity contribution in [2.24, 2.45) is 5.92 Å². The van der Waals surface area contributed by atoms with Crippen LogP contribution in [0, 0.1) is 5.92 Å². The van der Waals surface area contributed by atoms with Crippen LogP contribution < -0.4 is 5.56 Å². The van der Waals surface area contributed by atoms with E-state index in [1.54, 1.807) is 17.8 Å². The molecule has 4 aromatic rings. The molecule has 0 saturated heterocycles. The fourth-order valence-electron chi connectivity index (χ4n) is 3.02. The van der Waals surface area contributed by atoms with Crippen LogP contribution in [0.2, 0.25) is 0 Å². The van der Waals surface area contributed by atoms with Gasteiger partial charge in [-0.3, -0.25) is 4.79 Å². The standard InChI is InChI=1S/C20H23N5OS2/c1-4-17-23-25-18(26)11-14(21-20(25)28-17)12-27-19-22-15-7-5-6-8-16(15)24(19)10-9-13(2)3/h5-8,11,13H,4,9-10,12H2,1-3H3. The van der Waals surface area contributed by atoms with E-state index in [-0.39, 0.29) is 5.56 Å². The molecule has 0 unspecified atom stereocenters. The summed E-state index contributed by atoms with van der Waals surface area (Å²) in [5.41, 5.74) is 2.81. The summed E-state index contributed by atoms with van der Waals surface area (Å²) in [6, 6.07) is 9.82. The van der Waals surface area contributed by atoms with Crippen LogP contribution in [0.25, 0.3) is 16.0 Å². The number of para-hydroxylation sites is 2. The molecule has 8 heteroatoms. The van der Waals surface area contributed by atoms with Crippen LogP contribution in [0.15, 0.2) is 40.3 Å². The molecule has 146 valence electrons. The average molecular weight is 414 g/mol. The summed E-state index contributed by atoms with van der Waals surface area (Å²) in [4.78, 5) is 22.5. The van der Waals surface area contributed by atoms with E-state index in [9.17, 15) is 4.79 Å². The maximum absolute atomic E-state index is 12.4. The van der Waals surface area contributed by atoms with E-state index in [4.69, 9.17) is 4.98 Å². The van der Waals surface area contributed by atoms with Crippen molar-refractivity contribution in [3.8, 4) is 0 Å². The fourth-order valence-corrected chi connectivity index (χ4v) is 4.81. The van der Waals surface area contributed by atoms with Gasteiger partial charge >= 0.3 is 0 Å². The largest absolute Gasteiger partial charge is 0.319 e. The Balaban J connectivity index is 1.62. The van der Waals surface area contributed by atoms with Gasteiger partial charge in [0.1, 0.15) is 5.01 Å². The fraction of sp³-hybridized carbons (Fsp3) is 0.400. The number of thioether (sulfide) groups is 1. The van der Waals surface area contributed by atoms with Gasteiger partial charge < -0.3 is 4.57 Å². The third-order valence-corrected chi connectivity index (χ3v) is 6.60. The predicted molar refractivity (Wildman–Crippen MR) is 115 cm³/mol. The quantitative estimate of drug-likeness (QED) is 0.420. The molecule has 6 nitrogen and oxygen atoms in total. The van der Waals surface area contributed by atoms with E-state index >= 15 is 0 Å². The highest BCUT2D eigenvalue weighted by Crippen LogP contribution is 2.27. The minimum absolute atomic E-state index is 0.120. The monoisotopic (exact) mass is 413 g/mol. The van der Waals surface area contributed by atoms with Crippen molar-refractivity contribution in [2.75, 3.05) is 0 Å². The molecule has 0 bridgehead atoms. The van der Waals surface area contributed by atoms with Gasteiger partial charge in [0.25, 0.3) is 5.56 Å². The summed E-state index contributed by atoms with van der Waals surface area (Å²) in [6.07, 6.45) is 1.90. The SMILES string of the molecule is CCc1nn2c(=O)cc(CSc3nc4ccccc4n3CCC(C)C)nc2s1. The van der Waals surface area contributed by atoms with Crippen molar-refractivity contribution in [3.05, 3.63) is 51.4 Å². The summed E-state index contributed by atoms with van der Waals surface area (Å²) >= 11 is 3.11. The lowest BCUT2D eigenvalue weighted by atomic mass is 10.1. The van der Waals surface area contributed by atoms with E-state index in [0.717, 1.165) is 46.3 Å². The first-order valence-electron chi connectivity index (χ1n) is 9.52. The molecule has 0 aliphatic rings. The third-order valence-electron chi connectivity index (χ3n) is 4.54. The highest BCUT2D eigenvalue weighted by molar-refractivity contribution is 7.98. The molecular weight excluding hydrogens is 390 g/mol. The Morgan fingerprint density at radius 2 is 2.04 bits per heavy atom. The molecule has 0 atom stereocenters. The van der Waals surface area contributed by atoms with Crippen LogP contribution in [0.3, 0.4) is 0 Å². The molecule has 3 aromatic heterocycles. The number of rotatable bonds is 7. The molecule has 28 heavy (non-hydrogen) atoms. The number of imidazole rings is 1. The highest BCUT2D eigenvalue weighted by Gasteiger charge is 2.13. The Bertz CT molecular complexity index is 1170. The topological polar surface area (TPSA) is 65.1 Å². The number of benzene rings is 1. The van der Waals surface area contributed by atoms with Gasteiger partial charge in [-0.2, -0.15) is 9.61 Å². The summed E-state index contributed by atoms with van der Waals surface area (Å²) in [7, 11) is 0. The Kier molecular flexibility index (Phi) is 5.50. The van der Waals surface area contributed by atoms with E-state index < -0.39 is 0 Å². The van der Waals surface area contributed by atoms with Crippen molar-refractivity contribution in [2.45, 2.75) is 51.1 Å². The molecule has 0 radical (unpaired) electrons. The lowest BCUT2D eigenvalue weighted by Gasteiger charge is -2.10. The highest BCUT2D eigenvalue weighted by atomic mass is 32.2. The number of nitrogens with zero attached hydrogens (tertiary/aromatic N) is 5. The lowest BCUT2D eigenvalue weighted by molar-refractivity contribution is 0.503. The van der Waals surface area contributed by atoms with Gasteiger partial charge in [0.2, 0.25) is 4.96 Å². The lowest BCUT2D eigenvalue weighted by Crippen LogP contribution is -2.15. The van der Waals surface area contributed by atoms with Gasteiger partial charge in [0.05, 0.1) is 16.7 Å². The Hall–Kier alpha value is -2.19. The molecule has 0 saturated carbocycles. The zero-order valence-corrected chi connectivity index (χ0v) is 17.9. The van der Waals surface area contributed by atoms with Crippen molar-refractivity contribution >= 4 is 39.1 Å². The van der Waals surface area contributed by atoms with E-state index in [0.29, 0.717) is 16.6 Å². The van der Waals surface area contributed by atoms with Crippen LogP contribution in [0.1, 0.15) is 37.9 Å². The zero-order chi connectivity index (χ0) is 19.7. The first kappa shape index (κ1) is 19.1. The molecule has 0 aliphatic carbocycles. The molecule has 4 rings (SSSR count). The van der Waals surface area contributed by atoms with Crippen LogP contribution in [0.4, 0.5) is 0 Å². The van der Waals surface area contributed by atoms with E-state index in [1.165, 1.54) is 15.9 Å². The number of fused-ring (bicyclic) bond motifs is 2. The Labute approximate surface area is 171 Å². The van der Waals surface area contributed by atoms with Gasteiger partial charge in [-0.25, -0.2) is 9.97 Å². The number of hydrogen-bond acceptors (Lipinski definition) is 6. The van der Waals surface area contributed by atoms with E-state index in [1.807, 2.05) is 19.1 Å². The van der Waals surface area contributed by atoms with Gasteiger partial charge in [-0.15, -0.1) is 0 Å². The predicted octanol–water partition coefficient (Wildman–Crippen LogP) is 4.40. The molecule has 0 N–H and O–H groups in total.